The van der Waals surface area contributed by atoms with Gasteiger partial charge in [0.2, 0.25) is 0 Å². The van der Waals surface area contributed by atoms with Gasteiger partial charge in [0.15, 0.2) is 0 Å². The zero-order valence-electron chi connectivity index (χ0n) is 17.8. The molecule has 0 amide bonds. The van der Waals surface area contributed by atoms with Gasteiger partial charge in [-0.3, -0.25) is 4.90 Å². The zero-order chi connectivity index (χ0) is 21.3. The minimum absolute atomic E-state index is 0.0496. The molecular formula is C23H30BrFN2O2. The van der Waals surface area contributed by atoms with Gasteiger partial charge in [0.05, 0.1) is 19.8 Å². The lowest BCUT2D eigenvalue weighted by atomic mass is 9.81. The molecule has 3 atom stereocenters. The number of ether oxygens (including phenoxy) is 2. The third-order valence-electron chi connectivity index (χ3n) is 5.82. The second kappa shape index (κ2) is 8.62. The summed E-state index contributed by atoms with van der Waals surface area (Å²) in [6.07, 6.45) is 0.824. The van der Waals surface area contributed by atoms with Gasteiger partial charge in [0.25, 0.3) is 0 Å². The lowest BCUT2D eigenvalue weighted by molar-refractivity contribution is 0.00191. The van der Waals surface area contributed by atoms with Gasteiger partial charge in [0, 0.05) is 35.4 Å². The molecule has 158 valence electrons. The number of nitrogen functional groups attached to an aromatic ring is 1. The second-order valence-corrected chi connectivity index (χ2v) is 9.12. The van der Waals surface area contributed by atoms with Gasteiger partial charge >= 0.3 is 0 Å². The minimum atomic E-state index is -1.47. The fraction of sp³-hybridized carbons (Fsp3) is 0.478. The summed E-state index contributed by atoms with van der Waals surface area (Å²) in [6.45, 7) is 6.12. The summed E-state index contributed by atoms with van der Waals surface area (Å²) in [5.74, 6) is 0.774. The maximum Gasteiger partial charge on any atom is 0.144 e. The molecule has 0 saturated carbocycles. The van der Waals surface area contributed by atoms with Crippen molar-refractivity contribution in [3.63, 3.8) is 0 Å². The van der Waals surface area contributed by atoms with Gasteiger partial charge < -0.3 is 15.2 Å². The summed E-state index contributed by atoms with van der Waals surface area (Å²) >= 11 is 3.52. The number of fused-ring (bicyclic) bond motifs is 1. The lowest BCUT2D eigenvalue weighted by Gasteiger charge is -2.45. The molecule has 0 radical (unpaired) electrons. The normalized spacial score (nSPS) is 21.5. The van der Waals surface area contributed by atoms with E-state index in [0.29, 0.717) is 0 Å². The molecule has 0 aromatic heterocycles. The van der Waals surface area contributed by atoms with Gasteiger partial charge in [-0.2, -0.15) is 0 Å². The van der Waals surface area contributed by atoms with Crippen molar-refractivity contribution >= 4 is 21.6 Å². The van der Waals surface area contributed by atoms with Crippen molar-refractivity contribution in [3.8, 4) is 5.75 Å². The zero-order valence-corrected chi connectivity index (χ0v) is 19.3. The number of rotatable bonds is 6. The molecule has 6 heteroatoms. The molecule has 1 aliphatic heterocycles. The molecule has 0 aliphatic carbocycles. The standard InChI is InChI=1S/C23H30BrFN2O2/c1-14-10-19-15(2)20(26)9-8-17(19)22(27(14)12-23(3,25)13-28-4)18-7-6-16(24)11-21(18)29-5/h6-9,11,14,22H,10,12-13,26H2,1-5H3/t14-,22+,23?/m1/s1. The van der Waals surface area contributed by atoms with E-state index in [1.807, 2.05) is 18.2 Å². The summed E-state index contributed by atoms with van der Waals surface area (Å²) in [4.78, 5) is 2.22. The molecule has 1 heterocycles. The molecule has 2 aromatic carbocycles. The molecule has 3 rings (SSSR count). The molecule has 0 fully saturated rings. The van der Waals surface area contributed by atoms with Crippen LogP contribution in [0.4, 0.5) is 10.1 Å². The van der Waals surface area contributed by atoms with Crippen molar-refractivity contribution in [2.75, 3.05) is 33.1 Å². The molecule has 2 aromatic rings. The minimum Gasteiger partial charge on any atom is -0.496 e. The van der Waals surface area contributed by atoms with Crippen LogP contribution >= 0.6 is 15.9 Å². The smallest absolute Gasteiger partial charge is 0.144 e. The van der Waals surface area contributed by atoms with E-state index in [2.05, 4.69) is 46.8 Å². The highest BCUT2D eigenvalue weighted by molar-refractivity contribution is 9.10. The van der Waals surface area contributed by atoms with E-state index in [1.165, 1.54) is 12.7 Å². The highest BCUT2D eigenvalue weighted by Crippen LogP contribution is 2.44. The fourth-order valence-electron chi connectivity index (χ4n) is 4.40. The van der Waals surface area contributed by atoms with Gasteiger partial charge in [0.1, 0.15) is 11.4 Å². The third kappa shape index (κ3) is 4.44. The Kier molecular flexibility index (Phi) is 6.56. The number of methoxy groups -OCH3 is 2. The predicted molar refractivity (Wildman–Crippen MR) is 119 cm³/mol. The van der Waals surface area contributed by atoms with Crippen LogP contribution < -0.4 is 10.5 Å². The number of nitrogens with zero attached hydrogens (tertiary/aromatic N) is 1. The maximum absolute atomic E-state index is 15.3. The van der Waals surface area contributed by atoms with Gasteiger partial charge in [-0.25, -0.2) is 4.39 Å². The van der Waals surface area contributed by atoms with Crippen LogP contribution in [0.25, 0.3) is 0 Å². The predicted octanol–water partition coefficient (Wildman–Crippen LogP) is 5.06. The monoisotopic (exact) mass is 464 g/mol. The van der Waals surface area contributed by atoms with Crippen molar-refractivity contribution in [3.05, 3.63) is 57.1 Å². The molecule has 1 unspecified atom stereocenters. The Bertz CT molecular complexity index is 887. The molecule has 2 N–H and O–H groups in total. The quantitative estimate of drug-likeness (QED) is 0.606. The van der Waals surface area contributed by atoms with E-state index in [1.54, 1.807) is 14.0 Å². The van der Waals surface area contributed by atoms with Crippen molar-refractivity contribution in [1.82, 2.24) is 4.90 Å². The number of benzene rings is 2. The number of anilines is 1. The second-order valence-electron chi connectivity index (χ2n) is 8.21. The van der Waals surface area contributed by atoms with Crippen LogP contribution in [-0.2, 0) is 11.2 Å². The molecule has 29 heavy (non-hydrogen) atoms. The first-order valence-corrected chi connectivity index (χ1v) is 10.6. The van der Waals surface area contributed by atoms with Gasteiger partial charge in [-0.05, 0) is 62.1 Å². The van der Waals surface area contributed by atoms with E-state index in [-0.39, 0.29) is 25.2 Å². The Morgan fingerprint density at radius 2 is 1.93 bits per heavy atom. The Hall–Kier alpha value is -1.63. The number of alkyl halides is 1. The van der Waals surface area contributed by atoms with E-state index in [0.717, 1.165) is 39.0 Å². The van der Waals surface area contributed by atoms with E-state index >= 15 is 4.39 Å². The highest BCUT2D eigenvalue weighted by Gasteiger charge is 2.39. The van der Waals surface area contributed by atoms with Gasteiger partial charge in [-0.1, -0.05) is 28.1 Å². The lowest BCUT2D eigenvalue weighted by Crippen LogP contribution is -2.50. The summed E-state index contributed by atoms with van der Waals surface area (Å²) in [5, 5.41) is 0. The first-order chi connectivity index (χ1) is 13.7. The number of hydrogen-bond donors (Lipinski definition) is 1. The highest BCUT2D eigenvalue weighted by atomic mass is 79.9. The number of nitrogens with two attached hydrogens (primary N) is 1. The van der Waals surface area contributed by atoms with Crippen molar-refractivity contribution in [2.24, 2.45) is 0 Å². The Labute approximate surface area is 181 Å². The largest absolute Gasteiger partial charge is 0.496 e. The molecule has 0 spiro atoms. The molecule has 1 aliphatic rings. The van der Waals surface area contributed by atoms with E-state index in [9.17, 15) is 0 Å². The maximum atomic E-state index is 15.3. The summed E-state index contributed by atoms with van der Waals surface area (Å²) in [7, 11) is 3.20. The number of halogens is 2. The van der Waals surface area contributed by atoms with Crippen LogP contribution in [0.3, 0.4) is 0 Å². The van der Waals surface area contributed by atoms with Gasteiger partial charge in [-0.15, -0.1) is 0 Å². The average Bonchev–Trinajstić information content (AvgIpc) is 2.66. The summed E-state index contributed by atoms with van der Waals surface area (Å²) in [6, 6.07) is 10.0. The van der Waals surface area contributed by atoms with Crippen molar-refractivity contribution in [2.45, 2.75) is 44.9 Å². The molecule has 0 saturated heterocycles. The van der Waals surface area contributed by atoms with E-state index in [4.69, 9.17) is 15.2 Å². The Morgan fingerprint density at radius 3 is 2.59 bits per heavy atom. The topological polar surface area (TPSA) is 47.7 Å². The number of hydrogen-bond acceptors (Lipinski definition) is 4. The van der Waals surface area contributed by atoms with Crippen molar-refractivity contribution < 1.29 is 13.9 Å². The first kappa shape index (κ1) is 22.1. The SMILES string of the molecule is COCC(C)(F)CN1[C@H](c2ccc(Br)cc2OC)c2ccc(N)c(C)c2C[C@H]1C. The van der Waals surface area contributed by atoms with Crippen molar-refractivity contribution in [1.29, 1.82) is 0 Å². The summed E-state index contributed by atoms with van der Waals surface area (Å²) < 4.78 is 27.1. The third-order valence-corrected chi connectivity index (χ3v) is 6.31. The Morgan fingerprint density at radius 1 is 1.24 bits per heavy atom. The van der Waals surface area contributed by atoms with Crippen LogP contribution in [0, 0.1) is 6.92 Å². The van der Waals surface area contributed by atoms with Crippen LogP contribution in [0.5, 0.6) is 5.75 Å². The van der Waals surface area contributed by atoms with Crippen LogP contribution in [0.2, 0.25) is 0 Å². The molecule has 0 bridgehead atoms. The molecule has 4 nitrogen and oxygen atoms in total. The van der Waals surface area contributed by atoms with Crippen LogP contribution in [-0.4, -0.2) is 44.0 Å². The van der Waals surface area contributed by atoms with E-state index < -0.39 is 5.67 Å². The summed E-state index contributed by atoms with van der Waals surface area (Å²) in [5.41, 5.74) is 10.1. The molecular weight excluding hydrogens is 435 g/mol. The Balaban J connectivity index is 2.19. The first-order valence-electron chi connectivity index (χ1n) is 9.83. The fourth-order valence-corrected chi connectivity index (χ4v) is 4.74. The van der Waals surface area contributed by atoms with Crippen LogP contribution in [0.1, 0.15) is 42.1 Å². The van der Waals surface area contributed by atoms with Crippen LogP contribution in [0.15, 0.2) is 34.8 Å². The average molecular weight is 465 g/mol.